The number of rotatable bonds is 7. The summed E-state index contributed by atoms with van der Waals surface area (Å²) in [5, 5.41) is 11.1. The summed E-state index contributed by atoms with van der Waals surface area (Å²) in [5.41, 5.74) is 1.16. The topological polar surface area (TPSA) is 83.0 Å². The lowest BCUT2D eigenvalue weighted by Crippen LogP contribution is -2.35. The Kier molecular flexibility index (Phi) is 6.52. The minimum absolute atomic E-state index is 0.0330. The van der Waals surface area contributed by atoms with Crippen LogP contribution in [-0.4, -0.2) is 64.9 Å². The van der Waals surface area contributed by atoms with Crippen molar-refractivity contribution in [1.82, 2.24) is 14.8 Å². The number of ether oxygens (including phenoxy) is 1. The average Bonchev–Trinajstić information content (AvgIpc) is 2.96. The van der Waals surface area contributed by atoms with Crippen molar-refractivity contribution in [3.8, 4) is 5.75 Å². The molecule has 7 nitrogen and oxygen atoms in total. The van der Waals surface area contributed by atoms with Crippen molar-refractivity contribution >= 4 is 17.4 Å². The van der Waals surface area contributed by atoms with Gasteiger partial charge in [0.15, 0.2) is 0 Å². The first-order valence-corrected chi connectivity index (χ1v) is 9.89. The number of carbonyl (C=O) groups excluding carboxylic acids is 2. The van der Waals surface area contributed by atoms with Crippen LogP contribution < -0.4 is 4.74 Å². The van der Waals surface area contributed by atoms with Gasteiger partial charge in [0, 0.05) is 31.0 Å². The Morgan fingerprint density at radius 2 is 2.00 bits per heavy atom. The number of amides is 1. The van der Waals surface area contributed by atoms with Crippen LogP contribution in [0.25, 0.3) is 5.76 Å². The van der Waals surface area contributed by atoms with Crippen LogP contribution in [0.4, 0.5) is 0 Å². The largest absolute Gasteiger partial charge is 0.507 e. The van der Waals surface area contributed by atoms with Crippen molar-refractivity contribution in [3.05, 3.63) is 65.5 Å². The molecule has 3 rings (SSSR count). The highest BCUT2D eigenvalue weighted by atomic mass is 16.5. The van der Waals surface area contributed by atoms with Gasteiger partial charge in [-0.05, 0) is 51.7 Å². The zero-order chi connectivity index (χ0) is 21.8. The Morgan fingerprint density at radius 3 is 2.63 bits per heavy atom. The molecule has 1 amide bonds. The van der Waals surface area contributed by atoms with E-state index in [2.05, 4.69) is 4.98 Å². The third-order valence-corrected chi connectivity index (χ3v) is 4.81. The standard InChI is InChI=1S/C23H27N3O4/c1-15(2)30-18-9-5-7-16(13-18)21(27)19-20(17-8-6-10-24-14-17)26(12-11-25(3)4)23(29)22(19)28/h5-10,13-15,20,27H,11-12H2,1-4H3/b21-19-. The zero-order valence-electron chi connectivity index (χ0n) is 17.7. The number of aromatic nitrogens is 1. The molecule has 7 heteroatoms. The molecule has 0 bridgehead atoms. The zero-order valence-corrected chi connectivity index (χ0v) is 17.7. The Labute approximate surface area is 176 Å². The quantitative estimate of drug-likeness (QED) is 0.430. The molecular weight excluding hydrogens is 382 g/mol. The number of carbonyl (C=O) groups is 2. The molecule has 0 saturated carbocycles. The summed E-state index contributed by atoms with van der Waals surface area (Å²) < 4.78 is 5.70. The second-order valence-corrected chi connectivity index (χ2v) is 7.78. The number of likely N-dealkylation sites (N-methyl/N-ethyl adjacent to an activating group) is 1. The molecule has 1 aliphatic heterocycles. The third-order valence-electron chi connectivity index (χ3n) is 4.81. The molecule has 1 atom stereocenters. The molecule has 1 aromatic heterocycles. The second kappa shape index (κ2) is 9.09. The summed E-state index contributed by atoms with van der Waals surface area (Å²) in [7, 11) is 3.80. The molecule has 30 heavy (non-hydrogen) atoms. The van der Waals surface area contributed by atoms with Crippen molar-refractivity contribution in [1.29, 1.82) is 0 Å². The highest BCUT2D eigenvalue weighted by Crippen LogP contribution is 2.39. The first kappa shape index (κ1) is 21.5. The number of likely N-dealkylation sites (tertiary alicyclic amines) is 1. The van der Waals surface area contributed by atoms with Gasteiger partial charge < -0.3 is 19.6 Å². The van der Waals surface area contributed by atoms with Crippen molar-refractivity contribution < 1.29 is 19.4 Å². The highest BCUT2D eigenvalue weighted by molar-refractivity contribution is 6.46. The van der Waals surface area contributed by atoms with Gasteiger partial charge in [0.1, 0.15) is 11.5 Å². The Bertz CT molecular complexity index is 954. The molecule has 0 spiro atoms. The summed E-state index contributed by atoms with van der Waals surface area (Å²) in [6.07, 6.45) is 3.21. The molecule has 1 saturated heterocycles. The molecule has 1 aromatic carbocycles. The lowest BCUT2D eigenvalue weighted by molar-refractivity contribution is -0.140. The van der Waals surface area contributed by atoms with Gasteiger partial charge in [-0.25, -0.2) is 0 Å². The Balaban J connectivity index is 2.10. The Morgan fingerprint density at radius 1 is 1.23 bits per heavy atom. The Hall–Kier alpha value is -3.19. The van der Waals surface area contributed by atoms with E-state index in [1.165, 1.54) is 4.90 Å². The van der Waals surface area contributed by atoms with Crippen molar-refractivity contribution in [2.24, 2.45) is 0 Å². The molecule has 0 aliphatic carbocycles. The summed E-state index contributed by atoms with van der Waals surface area (Å²) in [6, 6.07) is 9.74. The van der Waals surface area contributed by atoms with E-state index in [9.17, 15) is 14.7 Å². The van der Waals surface area contributed by atoms with Gasteiger partial charge in [0.25, 0.3) is 11.7 Å². The van der Waals surface area contributed by atoms with E-state index in [0.717, 1.165) is 0 Å². The van der Waals surface area contributed by atoms with E-state index in [-0.39, 0.29) is 17.4 Å². The molecule has 1 unspecified atom stereocenters. The molecule has 0 radical (unpaired) electrons. The van der Waals surface area contributed by atoms with Crippen LogP contribution in [0.15, 0.2) is 54.4 Å². The number of nitrogens with zero attached hydrogens (tertiary/aromatic N) is 3. The lowest BCUT2D eigenvalue weighted by atomic mass is 9.96. The molecule has 1 N–H and O–H groups in total. The smallest absolute Gasteiger partial charge is 0.295 e. The summed E-state index contributed by atoms with van der Waals surface area (Å²) in [5.74, 6) is -0.963. The van der Waals surface area contributed by atoms with E-state index in [1.54, 1.807) is 48.8 Å². The monoisotopic (exact) mass is 409 g/mol. The lowest BCUT2D eigenvalue weighted by Gasteiger charge is -2.26. The van der Waals surface area contributed by atoms with Gasteiger partial charge in [-0.2, -0.15) is 0 Å². The third kappa shape index (κ3) is 4.52. The van der Waals surface area contributed by atoms with Crippen LogP contribution >= 0.6 is 0 Å². The predicted octanol–water partition coefficient (Wildman–Crippen LogP) is 2.85. The maximum absolute atomic E-state index is 12.9. The molecule has 2 aromatic rings. The van der Waals surface area contributed by atoms with E-state index in [1.807, 2.05) is 32.8 Å². The number of benzene rings is 1. The number of hydrogen-bond donors (Lipinski definition) is 1. The van der Waals surface area contributed by atoms with Crippen LogP contribution in [0.5, 0.6) is 5.75 Å². The molecule has 2 heterocycles. The fraction of sp³-hybridized carbons (Fsp3) is 0.348. The SMILES string of the molecule is CC(C)Oc1cccc(/C(O)=C2/C(=O)C(=O)N(CCN(C)C)C2c2cccnc2)c1. The van der Waals surface area contributed by atoms with E-state index < -0.39 is 17.7 Å². The first-order valence-electron chi connectivity index (χ1n) is 9.89. The van der Waals surface area contributed by atoms with Gasteiger partial charge in [0.2, 0.25) is 0 Å². The minimum Gasteiger partial charge on any atom is -0.507 e. The van der Waals surface area contributed by atoms with Crippen LogP contribution in [0.2, 0.25) is 0 Å². The summed E-state index contributed by atoms with van der Waals surface area (Å²) >= 11 is 0. The predicted molar refractivity (Wildman–Crippen MR) is 114 cm³/mol. The highest BCUT2D eigenvalue weighted by Gasteiger charge is 2.46. The molecule has 1 aliphatic rings. The van der Waals surface area contributed by atoms with Gasteiger partial charge >= 0.3 is 0 Å². The second-order valence-electron chi connectivity index (χ2n) is 7.78. The number of aliphatic hydroxyl groups is 1. The van der Waals surface area contributed by atoms with Crippen molar-refractivity contribution in [2.45, 2.75) is 26.0 Å². The average molecular weight is 409 g/mol. The fourth-order valence-corrected chi connectivity index (χ4v) is 3.45. The van der Waals surface area contributed by atoms with E-state index >= 15 is 0 Å². The normalized spacial score (nSPS) is 18.5. The van der Waals surface area contributed by atoms with Crippen LogP contribution in [0, 0.1) is 0 Å². The van der Waals surface area contributed by atoms with Crippen LogP contribution in [-0.2, 0) is 9.59 Å². The molecular formula is C23H27N3O4. The van der Waals surface area contributed by atoms with Gasteiger partial charge in [-0.15, -0.1) is 0 Å². The number of aliphatic hydroxyl groups excluding tert-OH is 1. The van der Waals surface area contributed by atoms with Crippen molar-refractivity contribution in [3.63, 3.8) is 0 Å². The number of Topliss-reactive ketones (excluding diaryl/α,β-unsaturated/α-hetero) is 1. The summed E-state index contributed by atoms with van der Waals surface area (Å²) in [4.78, 5) is 33.3. The first-order chi connectivity index (χ1) is 14.3. The maximum Gasteiger partial charge on any atom is 0.295 e. The number of pyridine rings is 1. The number of ketones is 1. The minimum atomic E-state index is -0.701. The van der Waals surface area contributed by atoms with E-state index in [4.69, 9.17) is 4.74 Å². The van der Waals surface area contributed by atoms with Gasteiger partial charge in [-0.3, -0.25) is 14.6 Å². The van der Waals surface area contributed by atoms with E-state index in [0.29, 0.717) is 30.0 Å². The van der Waals surface area contributed by atoms with Crippen molar-refractivity contribution in [2.75, 3.05) is 27.2 Å². The summed E-state index contributed by atoms with van der Waals surface area (Å²) in [6.45, 7) is 4.75. The molecule has 158 valence electrons. The fourth-order valence-electron chi connectivity index (χ4n) is 3.45. The van der Waals surface area contributed by atoms with Crippen LogP contribution in [0.1, 0.15) is 31.0 Å². The number of hydrogen-bond acceptors (Lipinski definition) is 6. The van der Waals surface area contributed by atoms with Gasteiger partial charge in [-0.1, -0.05) is 18.2 Å². The molecule has 1 fully saturated rings. The maximum atomic E-state index is 12.9. The van der Waals surface area contributed by atoms with Crippen LogP contribution in [0.3, 0.4) is 0 Å². The van der Waals surface area contributed by atoms with Gasteiger partial charge in [0.05, 0.1) is 17.7 Å².